The van der Waals surface area contributed by atoms with Crippen LogP contribution < -0.4 is 16.6 Å². The standard InChI is InChI=1S/C11H16BrClN4O/c1-7(6-18-2)15-11(17-14)16-10-4-3-8(13)5-9(10)12/h3-5,7H,6,14H2,1-2H3,(H2,15,16,17). The summed E-state index contributed by atoms with van der Waals surface area (Å²) in [6, 6.07) is 5.40. The maximum Gasteiger partial charge on any atom is 0.210 e. The number of guanidine groups is 1. The van der Waals surface area contributed by atoms with E-state index in [1.54, 1.807) is 19.2 Å². The number of hydrazine groups is 1. The predicted molar refractivity (Wildman–Crippen MR) is 78.9 cm³/mol. The molecule has 100 valence electrons. The molecule has 1 aromatic carbocycles. The van der Waals surface area contributed by atoms with Gasteiger partial charge in [0.15, 0.2) is 0 Å². The summed E-state index contributed by atoms with van der Waals surface area (Å²) >= 11 is 9.27. The Morgan fingerprint density at radius 2 is 2.33 bits per heavy atom. The average Bonchev–Trinajstić information content (AvgIpc) is 2.31. The van der Waals surface area contributed by atoms with E-state index >= 15 is 0 Å². The predicted octanol–water partition coefficient (Wildman–Crippen LogP) is 2.37. The van der Waals surface area contributed by atoms with E-state index in [-0.39, 0.29) is 6.04 Å². The Morgan fingerprint density at radius 1 is 1.61 bits per heavy atom. The van der Waals surface area contributed by atoms with E-state index < -0.39 is 0 Å². The lowest BCUT2D eigenvalue weighted by Crippen LogP contribution is -2.37. The van der Waals surface area contributed by atoms with Crippen molar-refractivity contribution in [3.63, 3.8) is 0 Å². The van der Waals surface area contributed by atoms with Crippen LogP contribution in [-0.4, -0.2) is 25.7 Å². The second-order valence-electron chi connectivity index (χ2n) is 3.68. The smallest absolute Gasteiger partial charge is 0.210 e. The Bertz CT molecular complexity index is 428. The molecule has 0 amide bonds. The molecule has 1 atom stereocenters. The number of nitrogens with zero attached hydrogens (tertiary/aromatic N) is 1. The molecule has 1 rings (SSSR count). The minimum atomic E-state index is -0.000347. The number of hydrogen-bond donors (Lipinski definition) is 3. The van der Waals surface area contributed by atoms with Crippen LogP contribution in [0.25, 0.3) is 0 Å². The summed E-state index contributed by atoms with van der Waals surface area (Å²) in [4.78, 5) is 4.33. The van der Waals surface area contributed by atoms with E-state index in [0.29, 0.717) is 17.6 Å². The number of ether oxygens (including phenoxy) is 1. The van der Waals surface area contributed by atoms with Crippen molar-refractivity contribution in [2.75, 3.05) is 19.0 Å². The van der Waals surface area contributed by atoms with Crippen LogP contribution in [0.5, 0.6) is 0 Å². The molecule has 0 saturated heterocycles. The fourth-order valence-electron chi connectivity index (χ4n) is 1.32. The van der Waals surface area contributed by atoms with Crippen LogP contribution in [0.15, 0.2) is 27.7 Å². The molecule has 0 aromatic heterocycles. The average molecular weight is 336 g/mol. The molecule has 0 spiro atoms. The first-order valence-electron chi connectivity index (χ1n) is 5.32. The maximum absolute atomic E-state index is 5.87. The number of methoxy groups -OCH3 is 1. The molecule has 4 N–H and O–H groups in total. The second-order valence-corrected chi connectivity index (χ2v) is 4.97. The van der Waals surface area contributed by atoms with Crippen molar-refractivity contribution < 1.29 is 4.74 Å². The molecule has 7 heteroatoms. The summed E-state index contributed by atoms with van der Waals surface area (Å²) in [5, 5.41) is 3.72. The third kappa shape index (κ3) is 4.81. The highest BCUT2D eigenvalue weighted by molar-refractivity contribution is 9.10. The molecular weight excluding hydrogens is 320 g/mol. The quantitative estimate of drug-likeness (QED) is 0.342. The number of aliphatic imine (C=N–C) groups is 1. The van der Waals surface area contributed by atoms with Crippen molar-refractivity contribution in [3.05, 3.63) is 27.7 Å². The van der Waals surface area contributed by atoms with Gasteiger partial charge < -0.3 is 10.1 Å². The van der Waals surface area contributed by atoms with Crippen LogP contribution >= 0.6 is 27.5 Å². The van der Waals surface area contributed by atoms with Gasteiger partial charge in [-0.2, -0.15) is 0 Å². The van der Waals surface area contributed by atoms with Gasteiger partial charge in [0.1, 0.15) is 0 Å². The minimum absolute atomic E-state index is 0.000347. The summed E-state index contributed by atoms with van der Waals surface area (Å²) in [7, 11) is 1.63. The fourth-order valence-corrected chi connectivity index (χ4v) is 2.10. The molecule has 5 nitrogen and oxygen atoms in total. The van der Waals surface area contributed by atoms with Gasteiger partial charge in [0.25, 0.3) is 0 Å². The molecule has 0 aliphatic heterocycles. The van der Waals surface area contributed by atoms with Gasteiger partial charge in [0.05, 0.1) is 18.3 Å². The number of benzene rings is 1. The maximum atomic E-state index is 5.87. The van der Waals surface area contributed by atoms with Gasteiger partial charge in [-0.3, -0.25) is 5.43 Å². The van der Waals surface area contributed by atoms with Gasteiger partial charge in [-0.1, -0.05) is 11.6 Å². The normalized spacial score (nSPS) is 13.3. The van der Waals surface area contributed by atoms with Crippen LogP contribution in [0.2, 0.25) is 5.02 Å². The van der Waals surface area contributed by atoms with E-state index in [9.17, 15) is 0 Å². The lowest BCUT2D eigenvalue weighted by Gasteiger charge is -2.13. The topological polar surface area (TPSA) is 71.7 Å². The van der Waals surface area contributed by atoms with E-state index in [0.717, 1.165) is 10.2 Å². The Morgan fingerprint density at radius 3 is 2.89 bits per heavy atom. The molecule has 0 radical (unpaired) electrons. The van der Waals surface area contributed by atoms with E-state index in [1.165, 1.54) is 0 Å². The zero-order valence-corrected chi connectivity index (χ0v) is 12.5. The van der Waals surface area contributed by atoms with Gasteiger partial charge in [-0.05, 0) is 41.1 Å². The number of nitrogens with two attached hydrogens (primary N) is 1. The number of rotatable bonds is 4. The number of halogens is 2. The highest BCUT2D eigenvalue weighted by atomic mass is 79.9. The zero-order valence-electron chi connectivity index (χ0n) is 10.2. The van der Waals surface area contributed by atoms with Crippen molar-refractivity contribution in [3.8, 4) is 0 Å². The summed E-state index contributed by atoms with van der Waals surface area (Å²) in [5.41, 5.74) is 3.33. The van der Waals surface area contributed by atoms with Gasteiger partial charge in [-0.25, -0.2) is 10.8 Å². The van der Waals surface area contributed by atoms with Crippen LogP contribution in [-0.2, 0) is 4.74 Å². The fraction of sp³-hybridized carbons (Fsp3) is 0.364. The Kier molecular flexibility index (Phi) is 6.42. The first kappa shape index (κ1) is 15.2. The largest absolute Gasteiger partial charge is 0.382 e. The third-order valence-corrected chi connectivity index (χ3v) is 2.97. The number of hydrogen-bond acceptors (Lipinski definition) is 3. The SMILES string of the molecule is COCC(C)N=C(NN)Nc1ccc(Cl)cc1Br. The molecule has 0 heterocycles. The van der Waals surface area contributed by atoms with Crippen molar-refractivity contribution in [2.45, 2.75) is 13.0 Å². The molecule has 0 aliphatic rings. The van der Waals surface area contributed by atoms with Crippen molar-refractivity contribution in [1.29, 1.82) is 0 Å². The molecular formula is C11H16BrClN4O. The summed E-state index contributed by atoms with van der Waals surface area (Å²) in [6.07, 6.45) is 0. The van der Waals surface area contributed by atoms with Crippen molar-refractivity contribution in [1.82, 2.24) is 5.43 Å². The van der Waals surface area contributed by atoms with Crippen LogP contribution in [0.4, 0.5) is 5.69 Å². The van der Waals surface area contributed by atoms with Gasteiger partial charge >= 0.3 is 0 Å². The zero-order chi connectivity index (χ0) is 13.5. The Labute approximate surface area is 120 Å². The summed E-state index contributed by atoms with van der Waals surface area (Å²) in [5.74, 6) is 5.88. The molecule has 18 heavy (non-hydrogen) atoms. The van der Waals surface area contributed by atoms with E-state index in [2.05, 4.69) is 31.7 Å². The third-order valence-electron chi connectivity index (χ3n) is 2.08. The van der Waals surface area contributed by atoms with Gasteiger partial charge in [-0.15, -0.1) is 0 Å². The lowest BCUT2D eigenvalue weighted by atomic mass is 10.3. The summed E-state index contributed by atoms with van der Waals surface area (Å²) < 4.78 is 5.84. The minimum Gasteiger partial charge on any atom is -0.382 e. The van der Waals surface area contributed by atoms with Crippen LogP contribution in [0.1, 0.15) is 6.92 Å². The molecule has 0 aliphatic carbocycles. The first-order valence-corrected chi connectivity index (χ1v) is 6.49. The molecule has 0 fully saturated rings. The number of nitrogens with one attached hydrogen (secondary N) is 2. The first-order chi connectivity index (χ1) is 8.56. The van der Waals surface area contributed by atoms with E-state index in [4.69, 9.17) is 22.2 Å². The molecule has 0 bridgehead atoms. The van der Waals surface area contributed by atoms with Crippen LogP contribution in [0.3, 0.4) is 0 Å². The molecule has 0 saturated carbocycles. The van der Waals surface area contributed by atoms with Gasteiger partial charge in [0.2, 0.25) is 5.96 Å². The Balaban J connectivity index is 2.79. The van der Waals surface area contributed by atoms with Crippen LogP contribution in [0, 0.1) is 0 Å². The molecule has 1 aromatic rings. The van der Waals surface area contributed by atoms with E-state index in [1.807, 2.05) is 13.0 Å². The number of anilines is 1. The summed E-state index contributed by atoms with van der Waals surface area (Å²) in [6.45, 7) is 2.45. The van der Waals surface area contributed by atoms with Crippen molar-refractivity contribution in [2.24, 2.45) is 10.8 Å². The lowest BCUT2D eigenvalue weighted by molar-refractivity contribution is 0.185. The van der Waals surface area contributed by atoms with Crippen molar-refractivity contribution >= 4 is 39.2 Å². The van der Waals surface area contributed by atoms with Gasteiger partial charge in [0, 0.05) is 16.6 Å². The monoisotopic (exact) mass is 334 g/mol. The highest BCUT2D eigenvalue weighted by Crippen LogP contribution is 2.25. The molecule has 1 unspecified atom stereocenters. The second kappa shape index (κ2) is 7.58. The Hall–Kier alpha value is -0.820. The highest BCUT2D eigenvalue weighted by Gasteiger charge is 2.05.